The van der Waals surface area contributed by atoms with E-state index in [1.165, 1.54) is 0 Å². The van der Waals surface area contributed by atoms with Gasteiger partial charge in [0.15, 0.2) is 5.78 Å². The molecule has 18 heavy (non-hydrogen) atoms. The molecule has 3 aliphatic heterocycles. The quantitative estimate of drug-likeness (QED) is 0.814. The van der Waals surface area contributed by atoms with Gasteiger partial charge in [0.05, 0.1) is 13.2 Å². The number of carbonyl (C=O) groups is 1. The molecule has 0 saturated carbocycles. The topological polar surface area (TPSA) is 29.5 Å². The normalized spacial score (nSPS) is 30.5. The summed E-state index contributed by atoms with van der Waals surface area (Å²) in [7, 11) is 1.69. The molecular weight excluding hydrogens is 226 g/mol. The lowest BCUT2D eigenvalue weighted by atomic mass is 9.80. The molecule has 3 heteroatoms. The van der Waals surface area contributed by atoms with Crippen LogP contribution in [-0.4, -0.2) is 36.9 Å². The molecule has 1 atom stereocenters. The Kier molecular flexibility index (Phi) is 3.08. The van der Waals surface area contributed by atoms with E-state index in [0.717, 1.165) is 43.7 Å². The lowest BCUT2D eigenvalue weighted by molar-refractivity contribution is -0.136. The molecule has 0 amide bonds. The molecule has 0 unspecified atom stereocenters. The van der Waals surface area contributed by atoms with Crippen LogP contribution in [0.1, 0.15) is 18.4 Å². The van der Waals surface area contributed by atoms with E-state index in [4.69, 9.17) is 4.74 Å². The first-order valence-corrected chi connectivity index (χ1v) is 6.69. The van der Waals surface area contributed by atoms with Crippen LogP contribution in [0.5, 0.6) is 5.75 Å². The SMILES string of the molecule is COc1ccccc1C[C@H]1C(=O)C2CCN1CC2. The lowest BCUT2D eigenvalue weighted by Crippen LogP contribution is -2.56. The molecule has 3 saturated heterocycles. The molecule has 96 valence electrons. The number of para-hydroxylation sites is 1. The summed E-state index contributed by atoms with van der Waals surface area (Å²) in [4.78, 5) is 14.7. The molecule has 0 radical (unpaired) electrons. The van der Waals surface area contributed by atoms with E-state index in [0.29, 0.717) is 11.7 Å². The summed E-state index contributed by atoms with van der Waals surface area (Å²) in [5.74, 6) is 1.65. The second-order valence-corrected chi connectivity index (χ2v) is 5.24. The van der Waals surface area contributed by atoms with Crippen LogP contribution in [0.3, 0.4) is 0 Å². The number of hydrogen-bond donors (Lipinski definition) is 0. The predicted molar refractivity (Wildman–Crippen MR) is 69.8 cm³/mol. The molecule has 0 spiro atoms. The Morgan fingerprint density at radius 3 is 2.67 bits per heavy atom. The smallest absolute Gasteiger partial charge is 0.153 e. The predicted octanol–water partition coefficient (Wildman–Crippen LogP) is 1.90. The number of nitrogens with zero attached hydrogens (tertiary/aromatic N) is 1. The molecule has 2 bridgehead atoms. The van der Waals surface area contributed by atoms with Gasteiger partial charge in [-0.15, -0.1) is 0 Å². The van der Waals surface area contributed by atoms with Gasteiger partial charge in [-0.3, -0.25) is 9.69 Å². The van der Waals surface area contributed by atoms with Gasteiger partial charge in [0.1, 0.15) is 5.75 Å². The van der Waals surface area contributed by atoms with E-state index >= 15 is 0 Å². The third-order valence-electron chi connectivity index (χ3n) is 4.31. The van der Waals surface area contributed by atoms with Gasteiger partial charge in [-0.05, 0) is 44.0 Å². The molecule has 3 heterocycles. The Balaban J connectivity index is 1.82. The summed E-state index contributed by atoms with van der Waals surface area (Å²) >= 11 is 0. The number of Topliss-reactive ketones (excluding diaryl/α,β-unsaturated/α-hetero) is 1. The zero-order chi connectivity index (χ0) is 12.5. The minimum absolute atomic E-state index is 0.0776. The van der Waals surface area contributed by atoms with Gasteiger partial charge in [-0.1, -0.05) is 18.2 Å². The summed E-state index contributed by atoms with van der Waals surface area (Å²) in [6, 6.07) is 8.09. The average Bonchev–Trinajstić information content (AvgIpc) is 2.44. The standard InChI is InChI=1S/C15H19NO2/c1-18-14-5-3-2-4-12(14)10-13-15(17)11-6-8-16(13)9-7-11/h2-5,11,13H,6-10H2,1H3/t13-/m0/s1. The van der Waals surface area contributed by atoms with Gasteiger partial charge in [0, 0.05) is 5.92 Å². The van der Waals surface area contributed by atoms with Crippen molar-refractivity contribution < 1.29 is 9.53 Å². The van der Waals surface area contributed by atoms with E-state index in [2.05, 4.69) is 11.0 Å². The van der Waals surface area contributed by atoms with E-state index < -0.39 is 0 Å². The maximum atomic E-state index is 12.3. The summed E-state index contributed by atoms with van der Waals surface area (Å²) in [5.41, 5.74) is 1.14. The van der Waals surface area contributed by atoms with Gasteiger partial charge in [0.25, 0.3) is 0 Å². The number of ether oxygens (including phenoxy) is 1. The Morgan fingerprint density at radius 1 is 1.28 bits per heavy atom. The first-order chi connectivity index (χ1) is 8.79. The molecule has 0 N–H and O–H groups in total. The van der Waals surface area contributed by atoms with Crippen molar-refractivity contribution in [3.05, 3.63) is 29.8 Å². The summed E-state index contributed by atoms with van der Waals surface area (Å²) in [5, 5.41) is 0. The average molecular weight is 245 g/mol. The third kappa shape index (κ3) is 1.93. The molecule has 3 fully saturated rings. The monoisotopic (exact) mass is 245 g/mol. The number of fused-ring (bicyclic) bond motifs is 3. The second kappa shape index (κ2) is 4.73. The fourth-order valence-corrected chi connectivity index (χ4v) is 3.26. The fraction of sp³-hybridized carbons (Fsp3) is 0.533. The van der Waals surface area contributed by atoms with Gasteiger partial charge in [-0.25, -0.2) is 0 Å². The highest BCUT2D eigenvalue weighted by atomic mass is 16.5. The number of benzene rings is 1. The van der Waals surface area contributed by atoms with Crippen LogP contribution in [0.2, 0.25) is 0 Å². The number of ketones is 1. The highest BCUT2D eigenvalue weighted by molar-refractivity contribution is 5.88. The molecule has 3 nitrogen and oxygen atoms in total. The Labute approximate surface area is 108 Å². The zero-order valence-corrected chi connectivity index (χ0v) is 10.8. The molecule has 0 aliphatic carbocycles. The molecule has 0 aromatic heterocycles. The van der Waals surface area contributed by atoms with Crippen molar-refractivity contribution in [1.29, 1.82) is 0 Å². The van der Waals surface area contributed by atoms with Crippen molar-refractivity contribution in [3.8, 4) is 5.75 Å². The molecule has 4 rings (SSSR count). The maximum absolute atomic E-state index is 12.3. The zero-order valence-electron chi connectivity index (χ0n) is 10.8. The Morgan fingerprint density at radius 2 is 2.00 bits per heavy atom. The van der Waals surface area contributed by atoms with Crippen LogP contribution in [0.25, 0.3) is 0 Å². The van der Waals surface area contributed by atoms with E-state index in [9.17, 15) is 4.79 Å². The summed E-state index contributed by atoms with van der Waals surface area (Å²) in [6.07, 6.45) is 2.90. The van der Waals surface area contributed by atoms with E-state index in [-0.39, 0.29) is 6.04 Å². The van der Waals surface area contributed by atoms with E-state index in [1.54, 1.807) is 7.11 Å². The first kappa shape index (κ1) is 11.7. The number of hydrogen-bond acceptors (Lipinski definition) is 3. The second-order valence-electron chi connectivity index (χ2n) is 5.24. The highest BCUT2D eigenvalue weighted by Gasteiger charge is 2.40. The first-order valence-electron chi connectivity index (χ1n) is 6.69. The van der Waals surface area contributed by atoms with Crippen LogP contribution >= 0.6 is 0 Å². The van der Waals surface area contributed by atoms with Crippen LogP contribution in [-0.2, 0) is 11.2 Å². The Hall–Kier alpha value is -1.35. The van der Waals surface area contributed by atoms with E-state index in [1.807, 2.05) is 18.2 Å². The van der Waals surface area contributed by atoms with Crippen molar-refractivity contribution in [1.82, 2.24) is 4.90 Å². The minimum atomic E-state index is 0.0776. The molecule has 3 aliphatic rings. The maximum Gasteiger partial charge on any atom is 0.153 e. The number of carbonyl (C=O) groups excluding carboxylic acids is 1. The van der Waals surface area contributed by atoms with Gasteiger partial charge < -0.3 is 4.74 Å². The summed E-state index contributed by atoms with van der Waals surface area (Å²) in [6.45, 7) is 2.16. The molecular formula is C15H19NO2. The van der Waals surface area contributed by atoms with Crippen LogP contribution in [0.4, 0.5) is 0 Å². The van der Waals surface area contributed by atoms with Crippen molar-refractivity contribution in [2.75, 3.05) is 20.2 Å². The number of rotatable bonds is 3. The van der Waals surface area contributed by atoms with Crippen molar-refractivity contribution in [2.45, 2.75) is 25.3 Å². The van der Waals surface area contributed by atoms with Crippen LogP contribution in [0.15, 0.2) is 24.3 Å². The minimum Gasteiger partial charge on any atom is -0.496 e. The largest absolute Gasteiger partial charge is 0.496 e. The van der Waals surface area contributed by atoms with Crippen molar-refractivity contribution in [2.24, 2.45) is 5.92 Å². The fourth-order valence-electron chi connectivity index (χ4n) is 3.26. The van der Waals surface area contributed by atoms with Crippen molar-refractivity contribution >= 4 is 5.78 Å². The van der Waals surface area contributed by atoms with Gasteiger partial charge in [0.2, 0.25) is 0 Å². The third-order valence-corrected chi connectivity index (χ3v) is 4.31. The number of methoxy groups -OCH3 is 1. The summed E-state index contributed by atoms with van der Waals surface area (Å²) < 4.78 is 5.37. The van der Waals surface area contributed by atoms with Crippen LogP contribution < -0.4 is 4.74 Å². The highest BCUT2D eigenvalue weighted by Crippen LogP contribution is 2.32. The molecule has 1 aromatic carbocycles. The number of piperidine rings is 3. The van der Waals surface area contributed by atoms with Crippen LogP contribution in [0, 0.1) is 5.92 Å². The Bertz CT molecular complexity index is 450. The lowest BCUT2D eigenvalue weighted by Gasteiger charge is -2.44. The molecule has 1 aromatic rings. The van der Waals surface area contributed by atoms with Gasteiger partial charge in [-0.2, -0.15) is 0 Å². The van der Waals surface area contributed by atoms with Gasteiger partial charge >= 0.3 is 0 Å². The van der Waals surface area contributed by atoms with Crippen molar-refractivity contribution in [3.63, 3.8) is 0 Å².